The molecule has 2 rings (SSSR count). The Balaban J connectivity index is 1.81. The molecule has 0 atom stereocenters. The summed E-state index contributed by atoms with van der Waals surface area (Å²) in [5.41, 5.74) is 6.27. The summed E-state index contributed by atoms with van der Waals surface area (Å²) in [7, 11) is 0. The molecule has 0 spiro atoms. The Hall–Kier alpha value is -1.82. The molecule has 100 valence electrons. The van der Waals surface area contributed by atoms with Gasteiger partial charge in [-0.05, 0) is 34.1 Å². The lowest BCUT2D eigenvalue weighted by Gasteiger charge is -2.09. The van der Waals surface area contributed by atoms with Crippen LogP contribution in [0.3, 0.4) is 0 Å². The van der Waals surface area contributed by atoms with Crippen LogP contribution in [-0.4, -0.2) is 18.1 Å². The zero-order chi connectivity index (χ0) is 13.7. The first-order valence-electron chi connectivity index (χ1n) is 5.68. The Bertz CT molecular complexity index is 565. The second kappa shape index (κ2) is 6.38. The molecule has 0 unspecified atom stereocenters. The number of nitrogens with one attached hydrogen (secondary N) is 1. The molecule has 0 aliphatic rings. The van der Waals surface area contributed by atoms with Crippen LogP contribution in [0, 0.1) is 5.82 Å². The SMILES string of the molecule is Nc1cccc(OCCNc2ncc(Br)cc2F)c1. The van der Waals surface area contributed by atoms with Crippen molar-refractivity contribution in [1.29, 1.82) is 0 Å². The summed E-state index contributed by atoms with van der Waals surface area (Å²) in [6.07, 6.45) is 1.53. The molecule has 1 aromatic heterocycles. The molecule has 0 radical (unpaired) electrons. The highest BCUT2D eigenvalue weighted by Crippen LogP contribution is 2.16. The van der Waals surface area contributed by atoms with E-state index in [1.165, 1.54) is 12.3 Å². The van der Waals surface area contributed by atoms with Crippen LogP contribution in [0.2, 0.25) is 0 Å². The van der Waals surface area contributed by atoms with Crippen molar-refractivity contribution in [2.24, 2.45) is 0 Å². The molecule has 0 fully saturated rings. The minimum Gasteiger partial charge on any atom is -0.492 e. The highest BCUT2D eigenvalue weighted by molar-refractivity contribution is 9.10. The quantitative estimate of drug-likeness (QED) is 0.655. The molecule has 0 amide bonds. The van der Waals surface area contributed by atoms with Gasteiger partial charge in [-0.2, -0.15) is 0 Å². The van der Waals surface area contributed by atoms with Crippen LogP contribution in [-0.2, 0) is 0 Å². The van der Waals surface area contributed by atoms with E-state index in [1.807, 2.05) is 12.1 Å². The van der Waals surface area contributed by atoms with Crippen molar-refractivity contribution >= 4 is 27.4 Å². The lowest BCUT2D eigenvalue weighted by Crippen LogP contribution is -2.13. The molecular weight excluding hydrogens is 313 g/mol. The zero-order valence-corrected chi connectivity index (χ0v) is 11.7. The lowest BCUT2D eigenvalue weighted by molar-refractivity contribution is 0.332. The van der Waals surface area contributed by atoms with E-state index in [9.17, 15) is 4.39 Å². The Morgan fingerprint density at radius 2 is 2.21 bits per heavy atom. The molecule has 0 aliphatic heterocycles. The molecule has 4 nitrogen and oxygen atoms in total. The van der Waals surface area contributed by atoms with Gasteiger partial charge in [-0.25, -0.2) is 9.37 Å². The maximum Gasteiger partial charge on any atom is 0.166 e. The number of anilines is 2. The minimum atomic E-state index is -0.404. The fourth-order valence-electron chi connectivity index (χ4n) is 1.49. The smallest absolute Gasteiger partial charge is 0.166 e. The van der Waals surface area contributed by atoms with Gasteiger partial charge in [0, 0.05) is 22.4 Å². The standard InChI is InChI=1S/C13H13BrFN3O/c14-9-6-12(15)13(18-8-9)17-4-5-19-11-3-1-2-10(16)7-11/h1-3,6-8H,4-5,16H2,(H,17,18). The number of halogens is 2. The molecule has 1 heterocycles. The van der Waals surface area contributed by atoms with Crippen molar-refractivity contribution in [2.75, 3.05) is 24.2 Å². The predicted octanol–water partition coefficient (Wildman–Crippen LogP) is 3.06. The van der Waals surface area contributed by atoms with Crippen molar-refractivity contribution < 1.29 is 9.13 Å². The summed E-state index contributed by atoms with van der Waals surface area (Å²) < 4.78 is 19.5. The van der Waals surface area contributed by atoms with Gasteiger partial charge in [-0.15, -0.1) is 0 Å². The summed E-state index contributed by atoms with van der Waals surface area (Å²) in [6, 6.07) is 8.50. The summed E-state index contributed by atoms with van der Waals surface area (Å²) in [5.74, 6) is 0.490. The third-order valence-corrected chi connectivity index (χ3v) is 2.76. The van der Waals surface area contributed by atoms with Crippen LogP contribution in [0.1, 0.15) is 0 Å². The first-order valence-corrected chi connectivity index (χ1v) is 6.48. The lowest BCUT2D eigenvalue weighted by atomic mass is 10.3. The van der Waals surface area contributed by atoms with Gasteiger partial charge in [0.1, 0.15) is 12.4 Å². The molecule has 0 bridgehead atoms. The number of rotatable bonds is 5. The second-order valence-corrected chi connectivity index (χ2v) is 4.75. The average Bonchev–Trinajstić information content (AvgIpc) is 2.37. The third-order valence-electron chi connectivity index (χ3n) is 2.33. The Morgan fingerprint density at radius 1 is 1.37 bits per heavy atom. The van der Waals surface area contributed by atoms with E-state index in [1.54, 1.807) is 12.1 Å². The maximum absolute atomic E-state index is 13.4. The first kappa shape index (κ1) is 13.6. The number of nitrogens with zero attached hydrogens (tertiary/aromatic N) is 1. The van der Waals surface area contributed by atoms with Crippen molar-refractivity contribution in [3.63, 3.8) is 0 Å². The first-order chi connectivity index (χ1) is 9.15. The van der Waals surface area contributed by atoms with E-state index in [4.69, 9.17) is 10.5 Å². The molecule has 0 saturated carbocycles. The highest BCUT2D eigenvalue weighted by atomic mass is 79.9. The number of benzene rings is 1. The van der Waals surface area contributed by atoms with Gasteiger partial charge in [0.25, 0.3) is 0 Å². The van der Waals surface area contributed by atoms with Crippen LogP contribution in [0.5, 0.6) is 5.75 Å². The maximum atomic E-state index is 13.4. The van der Waals surface area contributed by atoms with Gasteiger partial charge in [0.05, 0.1) is 6.54 Å². The normalized spacial score (nSPS) is 10.2. The number of nitrogen functional groups attached to an aromatic ring is 1. The van der Waals surface area contributed by atoms with E-state index in [0.717, 1.165) is 0 Å². The van der Waals surface area contributed by atoms with Gasteiger partial charge in [0.2, 0.25) is 0 Å². The van der Waals surface area contributed by atoms with Crippen LogP contribution in [0.25, 0.3) is 0 Å². The summed E-state index contributed by atoms with van der Waals surface area (Å²) in [5, 5.41) is 2.86. The molecule has 2 aromatic rings. The van der Waals surface area contributed by atoms with Gasteiger partial charge < -0.3 is 15.8 Å². The van der Waals surface area contributed by atoms with E-state index >= 15 is 0 Å². The predicted molar refractivity (Wildman–Crippen MR) is 76.7 cm³/mol. The number of ether oxygens (including phenoxy) is 1. The monoisotopic (exact) mass is 325 g/mol. The number of hydrogen-bond donors (Lipinski definition) is 2. The fourth-order valence-corrected chi connectivity index (χ4v) is 1.79. The van der Waals surface area contributed by atoms with Crippen molar-refractivity contribution in [3.05, 3.63) is 46.8 Å². The van der Waals surface area contributed by atoms with Crippen LogP contribution in [0.4, 0.5) is 15.9 Å². The largest absolute Gasteiger partial charge is 0.492 e. The Kier molecular flexibility index (Phi) is 4.57. The minimum absolute atomic E-state index is 0.208. The van der Waals surface area contributed by atoms with Crippen molar-refractivity contribution in [2.45, 2.75) is 0 Å². The Labute approximate surface area is 118 Å². The number of pyridine rings is 1. The zero-order valence-electron chi connectivity index (χ0n) is 10.1. The molecule has 6 heteroatoms. The van der Waals surface area contributed by atoms with E-state index in [-0.39, 0.29) is 5.82 Å². The molecule has 3 N–H and O–H groups in total. The van der Waals surface area contributed by atoms with Crippen LogP contribution in [0.15, 0.2) is 41.0 Å². The molecule has 0 saturated heterocycles. The van der Waals surface area contributed by atoms with Crippen LogP contribution < -0.4 is 15.8 Å². The van der Waals surface area contributed by atoms with Gasteiger partial charge in [0.15, 0.2) is 11.6 Å². The fraction of sp³-hybridized carbons (Fsp3) is 0.154. The van der Waals surface area contributed by atoms with Gasteiger partial charge >= 0.3 is 0 Å². The summed E-state index contributed by atoms with van der Waals surface area (Å²) >= 11 is 3.15. The number of aromatic nitrogens is 1. The van der Waals surface area contributed by atoms with Crippen molar-refractivity contribution in [3.8, 4) is 5.75 Å². The Morgan fingerprint density at radius 3 is 2.95 bits per heavy atom. The summed E-state index contributed by atoms with van der Waals surface area (Å²) in [6.45, 7) is 0.834. The van der Waals surface area contributed by atoms with E-state index < -0.39 is 5.82 Å². The van der Waals surface area contributed by atoms with E-state index in [0.29, 0.717) is 29.1 Å². The molecule has 1 aromatic carbocycles. The molecular formula is C13H13BrFN3O. The van der Waals surface area contributed by atoms with Crippen molar-refractivity contribution in [1.82, 2.24) is 4.98 Å². The molecule has 0 aliphatic carbocycles. The molecule has 19 heavy (non-hydrogen) atoms. The topological polar surface area (TPSA) is 60.2 Å². The van der Waals surface area contributed by atoms with Crippen LogP contribution >= 0.6 is 15.9 Å². The van der Waals surface area contributed by atoms with E-state index in [2.05, 4.69) is 26.2 Å². The second-order valence-electron chi connectivity index (χ2n) is 3.83. The third kappa shape index (κ3) is 4.10. The number of hydrogen-bond acceptors (Lipinski definition) is 4. The summed E-state index contributed by atoms with van der Waals surface area (Å²) in [4.78, 5) is 3.93. The van der Waals surface area contributed by atoms with Gasteiger partial charge in [-0.1, -0.05) is 6.07 Å². The number of nitrogens with two attached hydrogens (primary N) is 1. The van der Waals surface area contributed by atoms with Gasteiger partial charge in [-0.3, -0.25) is 0 Å². The highest BCUT2D eigenvalue weighted by Gasteiger charge is 2.03. The average molecular weight is 326 g/mol.